The summed E-state index contributed by atoms with van der Waals surface area (Å²) in [5, 5.41) is 3.26. The second kappa shape index (κ2) is 3.73. The monoisotopic (exact) mass is 170 g/mol. The van der Waals surface area contributed by atoms with E-state index in [1.807, 2.05) is 0 Å². The summed E-state index contributed by atoms with van der Waals surface area (Å²) in [6, 6.07) is 0.206. The first-order valence-electron chi connectivity index (χ1n) is 4.94. The van der Waals surface area contributed by atoms with Crippen LogP contribution in [0.15, 0.2) is 0 Å². The summed E-state index contributed by atoms with van der Waals surface area (Å²) < 4.78 is 5.75. The standard InChI is InChI=1S/C9H18N2O/c10-8-5-11-4-3-9(8)12-6-7-1-2-7/h7-9,11H,1-6,10H2. The fourth-order valence-electron chi connectivity index (χ4n) is 1.61. The third kappa shape index (κ3) is 2.19. The summed E-state index contributed by atoms with van der Waals surface area (Å²) in [5.41, 5.74) is 5.90. The van der Waals surface area contributed by atoms with Gasteiger partial charge in [0, 0.05) is 19.2 Å². The predicted octanol–water partition coefficient (Wildman–Crippen LogP) is 0.102. The lowest BCUT2D eigenvalue weighted by Crippen LogP contribution is -2.50. The van der Waals surface area contributed by atoms with Crippen LogP contribution >= 0.6 is 0 Å². The number of rotatable bonds is 3. The van der Waals surface area contributed by atoms with Crippen molar-refractivity contribution in [2.24, 2.45) is 11.7 Å². The number of piperidine rings is 1. The van der Waals surface area contributed by atoms with Crippen LogP contribution in [0.4, 0.5) is 0 Å². The third-order valence-corrected chi connectivity index (χ3v) is 2.71. The van der Waals surface area contributed by atoms with Crippen LogP contribution < -0.4 is 11.1 Å². The highest BCUT2D eigenvalue weighted by Crippen LogP contribution is 2.29. The summed E-state index contributed by atoms with van der Waals surface area (Å²) >= 11 is 0. The molecule has 0 bridgehead atoms. The molecule has 2 unspecified atom stereocenters. The van der Waals surface area contributed by atoms with Gasteiger partial charge in [-0.2, -0.15) is 0 Å². The normalized spacial score (nSPS) is 36.8. The molecule has 0 spiro atoms. The van der Waals surface area contributed by atoms with E-state index in [-0.39, 0.29) is 6.04 Å². The molecule has 2 rings (SSSR count). The van der Waals surface area contributed by atoms with Gasteiger partial charge in [-0.15, -0.1) is 0 Å². The molecule has 0 aromatic rings. The topological polar surface area (TPSA) is 47.3 Å². The molecular weight excluding hydrogens is 152 g/mol. The highest BCUT2D eigenvalue weighted by Gasteiger charge is 2.26. The highest BCUT2D eigenvalue weighted by atomic mass is 16.5. The van der Waals surface area contributed by atoms with Crippen molar-refractivity contribution in [3.8, 4) is 0 Å². The van der Waals surface area contributed by atoms with Crippen molar-refractivity contribution in [3.63, 3.8) is 0 Å². The van der Waals surface area contributed by atoms with Gasteiger partial charge in [-0.05, 0) is 31.7 Å². The largest absolute Gasteiger partial charge is 0.376 e. The van der Waals surface area contributed by atoms with Crippen LogP contribution in [-0.4, -0.2) is 31.8 Å². The maximum Gasteiger partial charge on any atom is 0.0750 e. The molecule has 1 heterocycles. The fraction of sp³-hybridized carbons (Fsp3) is 1.00. The Morgan fingerprint density at radius 3 is 2.83 bits per heavy atom. The second-order valence-electron chi connectivity index (χ2n) is 3.97. The Bertz CT molecular complexity index is 147. The van der Waals surface area contributed by atoms with Crippen LogP contribution in [0, 0.1) is 5.92 Å². The minimum Gasteiger partial charge on any atom is -0.376 e. The van der Waals surface area contributed by atoms with Gasteiger partial charge in [0.2, 0.25) is 0 Å². The van der Waals surface area contributed by atoms with Gasteiger partial charge in [0.05, 0.1) is 6.10 Å². The molecule has 1 aliphatic carbocycles. The Kier molecular flexibility index (Phi) is 2.63. The summed E-state index contributed by atoms with van der Waals surface area (Å²) in [6.07, 6.45) is 4.11. The van der Waals surface area contributed by atoms with Gasteiger partial charge >= 0.3 is 0 Å². The fourth-order valence-corrected chi connectivity index (χ4v) is 1.61. The summed E-state index contributed by atoms with van der Waals surface area (Å²) in [5.74, 6) is 0.854. The number of ether oxygens (including phenoxy) is 1. The molecule has 3 N–H and O–H groups in total. The van der Waals surface area contributed by atoms with Crippen LogP contribution in [0.25, 0.3) is 0 Å². The second-order valence-corrected chi connectivity index (χ2v) is 3.97. The van der Waals surface area contributed by atoms with Gasteiger partial charge < -0.3 is 15.8 Å². The molecule has 3 heteroatoms. The Labute approximate surface area is 73.7 Å². The zero-order chi connectivity index (χ0) is 8.39. The lowest BCUT2D eigenvalue weighted by atomic mass is 10.1. The average Bonchev–Trinajstić information content (AvgIpc) is 2.86. The molecular formula is C9H18N2O. The van der Waals surface area contributed by atoms with E-state index in [0.717, 1.165) is 32.0 Å². The van der Waals surface area contributed by atoms with Gasteiger partial charge in [-0.1, -0.05) is 0 Å². The van der Waals surface area contributed by atoms with Crippen molar-refractivity contribution in [2.45, 2.75) is 31.4 Å². The Balaban J connectivity index is 1.68. The zero-order valence-corrected chi connectivity index (χ0v) is 7.46. The first-order chi connectivity index (χ1) is 5.86. The van der Waals surface area contributed by atoms with Gasteiger partial charge in [-0.25, -0.2) is 0 Å². The molecule has 1 aliphatic heterocycles. The highest BCUT2D eigenvalue weighted by molar-refractivity contribution is 4.82. The third-order valence-electron chi connectivity index (χ3n) is 2.71. The van der Waals surface area contributed by atoms with E-state index in [9.17, 15) is 0 Å². The molecule has 2 aliphatic rings. The van der Waals surface area contributed by atoms with Crippen molar-refractivity contribution in [3.05, 3.63) is 0 Å². The van der Waals surface area contributed by atoms with Gasteiger partial charge in [0.25, 0.3) is 0 Å². The SMILES string of the molecule is NC1CNCCC1OCC1CC1. The van der Waals surface area contributed by atoms with E-state index in [1.54, 1.807) is 0 Å². The average molecular weight is 170 g/mol. The zero-order valence-electron chi connectivity index (χ0n) is 7.46. The van der Waals surface area contributed by atoms with Crippen molar-refractivity contribution >= 4 is 0 Å². The molecule has 0 amide bonds. The number of nitrogens with one attached hydrogen (secondary N) is 1. The molecule has 3 nitrogen and oxygen atoms in total. The molecule has 12 heavy (non-hydrogen) atoms. The minimum absolute atomic E-state index is 0.206. The Morgan fingerprint density at radius 1 is 1.33 bits per heavy atom. The molecule has 2 atom stereocenters. The van der Waals surface area contributed by atoms with Crippen molar-refractivity contribution in [1.29, 1.82) is 0 Å². The minimum atomic E-state index is 0.206. The van der Waals surface area contributed by atoms with Gasteiger partial charge in [0.1, 0.15) is 0 Å². The molecule has 1 saturated carbocycles. The maximum absolute atomic E-state index is 5.90. The van der Waals surface area contributed by atoms with Crippen LogP contribution in [0.3, 0.4) is 0 Å². The van der Waals surface area contributed by atoms with Crippen molar-refractivity contribution in [1.82, 2.24) is 5.32 Å². The number of hydrogen-bond acceptors (Lipinski definition) is 3. The number of nitrogens with two attached hydrogens (primary N) is 1. The van der Waals surface area contributed by atoms with Crippen LogP contribution in [0.2, 0.25) is 0 Å². The van der Waals surface area contributed by atoms with E-state index in [4.69, 9.17) is 10.5 Å². The van der Waals surface area contributed by atoms with E-state index >= 15 is 0 Å². The molecule has 2 fully saturated rings. The van der Waals surface area contributed by atoms with Crippen LogP contribution in [-0.2, 0) is 4.74 Å². The predicted molar refractivity (Wildman–Crippen MR) is 47.9 cm³/mol. The van der Waals surface area contributed by atoms with E-state index in [1.165, 1.54) is 12.8 Å². The first kappa shape index (κ1) is 8.48. The summed E-state index contributed by atoms with van der Waals surface area (Å²) in [7, 11) is 0. The molecule has 70 valence electrons. The van der Waals surface area contributed by atoms with Crippen molar-refractivity contribution in [2.75, 3.05) is 19.7 Å². The summed E-state index contributed by atoms with van der Waals surface area (Å²) in [4.78, 5) is 0. The van der Waals surface area contributed by atoms with Crippen molar-refractivity contribution < 1.29 is 4.74 Å². The lowest BCUT2D eigenvalue weighted by Gasteiger charge is -2.29. The molecule has 0 aromatic heterocycles. The van der Waals surface area contributed by atoms with E-state index in [0.29, 0.717) is 6.10 Å². The maximum atomic E-state index is 5.90. The smallest absolute Gasteiger partial charge is 0.0750 e. The first-order valence-corrected chi connectivity index (χ1v) is 4.94. The molecule has 0 radical (unpaired) electrons. The van der Waals surface area contributed by atoms with E-state index < -0.39 is 0 Å². The Hall–Kier alpha value is -0.120. The lowest BCUT2D eigenvalue weighted by molar-refractivity contribution is 0.0142. The van der Waals surface area contributed by atoms with Gasteiger partial charge in [-0.3, -0.25) is 0 Å². The Morgan fingerprint density at radius 2 is 2.17 bits per heavy atom. The molecule has 0 aromatic carbocycles. The van der Waals surface area contributed by atoms with Crippen LogP contribution in [0.1, 0.15) is 19.3 Å². The van der Waals surface area contributed by atoms with E-state index in [2.05, 4.69) is 5.32 Å². The quantitative estimate of drug-likeness (QED) is 0.631. The molecule has 1 saturated heterocycles. The number of hydrogen-bond donors (Lipinski definition) is 2. The van der Waals surface area contributed by atoms with Gasteiger partial charge in [0.15, 0.2) is 0 Å². The summed E-state index contributed by atoms with van der Waals surface area (Å²) in [6.45, 7) is 2.91. The van der Waals surface area contributed by atoms with Crippen LogP contribution in [0.5, 0.6) is 0 Å².